The molecule has 0 saturated heterocycles. The van der Waals surface area contributed by atoms with Crippen LogP contribution in [-0.4, -0.2) is 65.4 Å². The zero-order valence-electron chi connectivity index (χ0n) is 30.7. The number of carbonyl (C=O) groups is 5. The first kappa shape index (κ1) is 40.4. The number of hydrogen-bond acceptors (Lipinski definition) is 9. The van der Waals surface area contributed by atoms with E-state index < -0.39 is 47.2 Å². The van der Waals surface area contributed by atoms with Crippen molar-refractivity contribution in [1.29, 1.82) is 0 Å². The molecule has 0 radical (unpaired) electrons. The number of ether oxygens (including phenoxy) is 1. The number of para-hydroxylation sites is 2. The molecule has 0 fully saturated rings. The number of unbranched alkanes of at least 4 members (excludes halogenated alkanes) is 1. The third-order valence-corrected chi connectivity index (χ3v) is 9.32. The summed E-state index contributed by atoms with van der Waals surface area (Å²) in [6, 6.07) is 22.4. The van der Waals surface area contributed by atoms with Crippen molar-refractivity contribution in [2.24, 2.45) is 5.73 Å². The van der Waals surface area contributed by atoms with Crippen LogP contribution in [0.1, 0.15) is 65.6 Å². The number of nitrogens with one attached hydrogen (secondary N) is 3. The molecule has 0 bridgehead atoms. The Bertz CT molecular complexity index is 2230. The lowest BCUT2D eigenvalue weighted by Gasteiger charge is -2.21. The van der Waals surface area contributed by atoms with E-state index in [0.29, 0.717) is 48.0 Å². The monoisotopic (exact) mass is 765 g/mol. The molecule has 1 unspecified atom stereocenters. The van der Waals surface area contributed by atoms with Crippen LogP contribution in [0.3, 0.4) is 0 Å². The smallest absolute Gasteiger partial charge is 0.341 e. The summed E-state index contributed by atoms with van der Waals surface area (Å²) in [5.74, 6) is -3.22. The van der Waals surface area contributed by atoms with E-state index >= 15 is 0 Å². The molecule has 1 heterocycles. The first-order valence-electron chi connectivity index (χ1n) is 18.2. The highest BCUT2D eigenvalue weighted by Gasteiger charge is 2.25. The van der Waals surface area contributed by atoms with E-state index in [9.17, 15) is 34.1 Å². The summed E-state index contributed by atoms with van der Waals surface area (Å²) in [5.41, 5.74) is 9.19. The van der Waals surface area contributed by atoms with Gasteiger partial charge in [-0.3, -0.25) is 29.3 Å². The molecule has 6 N–H and O–H groups in total. The van der Waals surface area contributed by atoms with Crippen LogP contribution in [0.5, 0.6) is 5.75 Å². The molecule has 15 heteroatoms. The lowest BCUT2D eigenvalue weighted by atomic mass is 9.99. The van der Waals surface area contributed by atoms with Crippen molar-refractivity contribution in [3.63, 3.8) is 0 Å². The number of aliphatic carboxylic acids is 1. The number of furan rings is 1. The third-order valence-electron chi connectivity index (χ3n) is 9.32. The fraction of sp³-hybridized carbons (Fsp3) is 0.293. The molecule has 2 atom stereocenters. The number of nitrogens with zero attached hydrogens (tertiary/aromatic N) is 1. The number of amides is 4. The van der Waals surface area contributed by atoms with Crippen LogP contribution in [-0.2, 0) is 32.0 Å². The Labute approximate surface area is 321 Å². The van der Waals surface area contributed by atoms with E-state index in [1.807, 2.05) is 36.4 Å². The molecular weight excluding hydrogens is 722 g/mol. The van der Waals surface area contributed by atoms with Crippen molar-refractivity contribution >= 4 is 57.2 Å². The minimum atomic E-state index is -1.14. The average Bonchev–Trinajstić information content (AvgIpc) is 3.58. The van der Waals surface area contributed by atoms with Gasteiger partial charge in [-0.1, -0.05) is 54.6 Å². The highest BCUT2D eigenvalue weighted by molar-refractivity contribution is 6.07. The third kappa shape index (κ3) is 10.7. The Kier molecular flexibility index (Phi) is 13.7. The molecule has 4 aromatic carbocycles. The van der Waals surface area contributed by atoms with E-state index in [4.69, 9.17) is 20.0 Å². The SMILES string of the molecule is CC(C(=O)N[C@@H](CCCCNC(=O)c1cccc(OCC(=O)O)c1)C(=O)NCCc1cccc2c1oc1c(CCC(N)=O)cccc12)c1ccc([N+](=O)[O-])cc1. The Hall–Kier alpha value is -6.77. The molecule has 1 aromatic heterocycles. The van der Waals surface area contributed by atoms with E-state index in [-0.39, 0.29) is 43.3 Å². The van der Waals surface area contributed by atoms with E-state index in [2.05, 4.69) is 16.0 Å². The van der Waals surface area contributed by atoms with Gasteiger partial charge in [-0.2, -0.15) is 0 Å². The number of nitrogens with two attached hydrogens (primary N) is 1. The summed E-state index contributed by atoms with van der Waals surface area (Å²) < 4.78 is 11.5. The summed E-state index contributed by atoms with van der Waals surface area (Å²) >= 11 is 0. The predicted octanol–water partition coefficient (Wildman–Crippen LogP) is 4.92. The Morgan fingerprint density at radius 2 is 1.50 bits per heavy atom. The lowest BCUT2D eigenvalue weighted by molar-refractivity contribution is -0.384. The second-order valence-electron chi connectivity index (χ2n) is 13.3. The highest BCUT2D eigenvalue weighted by atomic mass is 16.6. The van der Waals surface area contributed by atoms with Gasteiger partial charge in [0.15, 0.2) is 6.61 Å². The van der Waals surface area contributed by atoms with Crippen molar-refractivity contribution in [2.75, 3.05) is 19.7 Å². The molecular formula is C41H43N5O10. The van der Waals surface area contributed by atoms with Crippen LogP contribution in [0.4, 0.5) is 5.69 Å². The summed E-state index contributed by atoms with van der Waals surface area (Å²) in [6.45, 7) is 1.61. The number of carboxylic acids is 1. The van der Waals surface area contributed by atoms with Gasteiger partial charge < -0.3 is 35.9 Å². The number of aryl methyl sites for hydroxylation is 1. The quantitative estimate of drug-likeness (QED) is 0.0407. The summed E-state index contributed by atoms with van der Waals surface area (Å²) in [5, 5.41) is 30.4. The first-order valence-corrected chi connectivity index (χ1v) is 18.2. The topological polar surface area (TPSA) is 233 Å². The second kappa shape index (κ2) is 19.0. The number of carboxylic acid groups (broad SMARTS) is 1. The maximum atomic E-state index is 13.6. The molecule has 4 amide bonds. The Balaban J connectivity index is 1.22. The zero-order valence-corrected chi connectivity index (χ0v) is 30.7. The molecule has 5 aromatic rings. The van der Waals surface area contributed by atoms with E-state index in [1.54, 1.807) is 25.1 Å². The molecule has 5 rings (SSSR count). The number of rotatable bonds is 20. The standard InChI is InChI=1S/C41H43N5O10/c1-25(26-14-17-30(18-15-26)46(53)54)39(50)45-34(13-2-3-21-43-40(51)29-9-4-10-31(23-29)55-24-36(48)49)41(52)44-22-20-28-8-6-12-33-32-11-5-7-27(16-19-35(42)47)37(32)56-38(28)33/h4-12,14-15,17-18,23,25,34H,2-3,13,16,19-22,24H2,1H3,(H2,42,47)(H,43,51)(H,44,52)(H,45,50)(H,48,49)/t25?,34-/m0/s1. The van der Waals surface area contributed by atoms with Crippen molar-refractivity contribution < 1.29 is 43.2 Å². The van der Waals surface area contributed by atoms with Gasteiger partial charge in [-0.15, -0.1) is 0 Å². The van der Waals surface area contributed by atoms with Crippen LogP contribution in [0.25, 0.3) is 21.9 Å². The Morgan fingerprint density at radius 3 is 2.14 bits per heavy atom. The number of nitro benzene ring substituents is 1. The number of primary amides is 1. The molecule has 0 aliphatic heterocycles. The van der Waals surface area contributed by atoms with Gasteiger partial charge in [0.05, 0.1) is 10.8 Å². The van der Waals surface area contributed by atoms with Gasteiger partial charge in [0, 0.05) is 48.0 Å². The largest absolute Gasteiger partial charge is 0.482 e. The van der Waals surface area contributed by atoms with Crippen LogP contribution in [0, 0.1) is 10.1 Å². The second-order valence-corrected chi connectivity index (χ2v) is 13.3. The first-order chi connectivity index (χ1) is 26.9. The van der Waals surface area contributed by atoms with Crippen molar-refractivity contribution in [1.82, 2.24) is 16.0 Å². The van der Waals surface area contributed by atoms with Crippen LogP contribution in [0.2, 0.25) is 0 Å². The zero-order chi connectivity index (χ0) is 40.2. The fourth-order valence-electron chi connectivity index (χ4n) is 6.28. The molecule has 292 valence electrons. The molecule has 0 spiro atoms. The number of hydrogen-bond donors (Lipinski definition) is 5. The minimum absolute atomic E-state index is 0.105. The van der Waals surface area contributed by atoms with Crippen molar-refractivity contribution in [2.45, 2.75) is 57.4 Å². The van der Waals surface area contributed by atoms with Gasteiger partial charge in [-0.25, -0.2) is 4.79 Å². The maximum Gasteiger partial charge on any atom is 0.341 e. The molecule has 0 saturated carbocycles. The molecule has 0 aliphatic carbocycles. The summed E-state index contributed by atoms with van der Waals surface area (Å²) in [7, 11) is 0. The van der Waals surface area contributed by atoms with Crippen LogP contribution < -0.4 is 26.4 Å². The van der Waals surface area contributed by atoms with E-state index in [1.165, 1.54) is 30.3 Å². The number of benzene rings is 4. The lowest BCUT2D eigenvalue weighted by Crippen LogP contribution is -2.48. The normalized spacial score (nSPS) is 12.1. The number of fused-ring (bicyclic) bond motifs is 3. The summed E-state index contributed by atoms with van der Waals surface area (Å²) in [4.78, 5) is 72.6. The van der Waals surface area contributed by atoms with Gasteiger partial charge >= 0.3 is 5.97 Å². The number of non-ortho nitro benzene ring substituents is 1. The van der Waals surface area contributed by atoms with E-state index in [0.717, 1.165) is 21.9 Å². The van der Waals surface area contributed by atoms with Gasteiger partial charge in [-0.05, 0) is 73.9 Å². The van der Waals surface area contributed by atoms with Gasteiger partial charge in [0.1, 0.15) is 23.0 Å². The van der Waals surface area contributed by atoms with Crippen LogP contribution >= 0.6 is 0 Å². The van der Waals surface area contributed by atoms with Gasteiger partial charge in [0.2, 0.25) is 17.7 Å². The summed E-state index contributed by atoms with van der Waals surface area (Å²) in [6.07, 6.45) is 2.26. The van der Waals surface area contributed by atoms with Crippen LogP contribution in [0.15, 0.2) is 89.3 Å². The maximum absolute atomic E-state index is 13.6. The number of carbonyl (C=O) groups excluding carboxylic acids is 4. The van der Waals surface area contributed by atoms with Gasteiger partial charge in [0.25, 0.3) is 11.6 Å². The number of nitro groups is 1. The minimum Gasteiger partial charge on any atom is -0.482 e. The predicted molar refractivity (Wildman–Crippen MR) is 207 cm³/mol. The average molecular weight is 766 g/mol. The van der Waals surface area contributed by atoms with Crippen molar-refractivity contribution in [3.05, 3.63) is 117 Å². The van der Waals surface area contributed by atoms with Crippen molar-refractivity contribution in [3.8, 4) is 5.75 Å². The molecule has 15 nitrogen and oxygen atoms in total. The highest BCUT2D eigenvalue weighted by Crippen LogP contribution is 2.33. The molecule has 0 aliphatic rings. The Morgan fingerprint density at radius 1 is 0.839 bits per heavy atom. The molecule has 56 heavy (non-hydrogen) atoms. The fourth-order valence-corrected chi connectivity index (χ4v) is 6.28.